The Morgan fingerprint density at radius 1 is 1.09 bits per heavy atom. The van der Waals surface area contributed by atoms with Crippen molar-refractivity contribution < 1.29 is 29.3 Å². The summed E-state index contributed by atoms with van der Waals surface area (Å²) >= 11 is 0. The minimum Gasteiger partial charge on any atom is -0.480 e. The molecular formula is C25H26N2O6. The van der Waals surface area contributed by atoms with Crippen molar-refractivity contribution in [2.75, 3.05) is 19.7 Å². The van der Waals surface area contributed by atoms with Gasteiger partial charge in [-0.05, 0) is 29.2 Å². The number of nitrogens with one attached hydrogen (secondary N) is 1. The number of aliphatic hydroxyl groups excluding tert-OH is 1. The number of nitrogens with zero attached hydrogens (tertiary/aromatic N) is 1. The molecule has 0 bridgehead atoms. The first-order chi connectivity index (χ1) is 15.9. The molecule has 8 heteroatoms. The Morgan fingerprint density at radius 2 is 1.70 bits per heavy atom. The third-order valence-electron chi connectivity index (χ3n) is 6.16. The van der Waals surface area contributed by atoms with Crippen LogP contribution in [-0.2, 0) is 14.3 Å². The highest BCUT2D eigenvalue weighted by Gasteiger charge is 2.39. The van der Waals surface area contributed by atoms with Crippen molar-refractivity contribution in [3.05, 3.63) is 71.3 Å². The number of β-amino-alcohol motifs (C(OH)–C–C–N with tert-alkyl or cyclic N) is 1. The number of aliphatic carboxylic acids is 1. The van der Waals surface area contributed by atoms with Gasteiger partial charge in [-0.2, -0.15) is 0 Å². The van der Waals surface area contributed by atoms with Crippen LogP contribution in [0.2, 0.25) is 0 Å². The largest absolute Gasteiger partial charge is 0.480 e. The molecule has 3 N–H and O–H groups in total. The Labute approximate surface area is 191 Å². The first-order valence-corrected chi connectivity index (χ1v) is 10.8. The number of carboxylic acids is 1. The van der Waals surface area contributed by atoms with Crippen LogP contribution >= 0.6 is 0 Å². The molecule has 4 rings (SSSR count). The Morgan fingerprint density at radius 3 is 2.30 bits per heavy atom. The van der Waals surface area contributed by atoms with Crippen LogP contribution in [0.15, 0.2) is 60.2 Å². The number of carbonyl (C=O) groups is 3. The third kappa shape index (κ3) is 4.61. The zero-order valence-electron chi connectivity index (χ0n) is 18.2. The molecule has 0 spiro atoms. The van der Waals surface area contributed by atoms with Gasteiger partial charge in [0, 0.05) is 31.0 Å². The SMILES string of the molecule is C/C(=C\CNC(=O)OCC1c2ccccc2-c2ccccc21)C(=O)N1C[C@H](O)C[C@H]1C(=O)O. The number of hydrogen-bond acceptors (Lipinski definition) is 5. The van der Waals surface area contributed by atoms with E-state index in [9.17, 15) is 24.6 Å². The molecule has 2 aromatic rings. The number of hydrogen-bond donors (Lipinski definition) is 3. The molecule has 2 amide bonds. The fourth-order valence-electron chi connectivity index (χ4n) is 4.52. The lowest BCUT2D eigenvalue weighted by Crippen LogP contribution is -2.41. The van der Waals surface area contributed by atoms with E-state index >= 15 is 0 Å². The van der Waals surface area contributed by atoms with Gasteiger partial charge in [-0.1, -0.05) is 54.6 Å². The monoisotopic (exact) mass is 450 g/mol. The number of carbonyl (C=O) groups excluding carboxylic acids is 2. The first kappa shape index (κ1) is 22.5. The molecule has 0 unspecified atom stereocenters. The van der Waals surface area contributed by atoms with Crippen molar-refractivity contribution in [3.8, 4) is 11.1 Å². The standard InChI is InChI=1S/C25H26N2O6/c1-15(23(29)27-13-16(28)12-22(27)24(30)31)10-11-26-25(32)33-14-21-19-8-4-2-6-17(19)18-7-3-5-9-20(18)21/h2-10,16,21-22,28H,11-14H2,1H3,(H,26,32)(H,30,31)/b15-10+/t16-,22+/m1/s1. The number of fused-ring (bicyclic) bond motifs is 3. The van der Waals surface area contributed by atoms with Gasteiger partial charge < -0.3 is 25.2 Å². The maximum absolute atomic E-state index is 12.6. The highest BCUT2D eigenvalue weighted by atomic mass is 16.5. The van der Waals surface area contributed by atoms with E-state index in [1.165, 1.54) is 6.08 Å². The van der Waals surface area contributed by atoms with Crippen LogP contribution in [0.4, 0.5) is 4.79 Å². The number of alkyl carbamates (subject to hydrolysis) is 1. The lowest BCUT2D eigenvalue weighted by molar-refractivity contribution is -0.146. The molecule has 0 radical (unpaired) electrons. The van der Waals surface area contributed by atoms with E-state index in [-0.39, 0.29) is 37.6 Å². The van der Waals surface area contributed by atoms with Crippen molar-refractivity contribution in [2.45, 2.75) is 31.4 Å². The normalized spacial score (nSPS) is 19.7. The molecule has 1 heterocycles. The average molecular weight is 450 g/mol. The van der Waals surface area contributed by atoms with E-state index in [1.54, 1.807) is 6.92 Å². The lowest BCUT2D eigenvalue weighted by atomic mass is 9.98. The van der Waals surface area contributed by atoms with E-state index in [0.717, 1.165) is 27.2 Å². The quantitative estimate of drug-likeness (QED) is 0.583. The molecule has 172 valence electrons. The predicted octanol–water partition coefficient (Wildman–Crippen LogP) is 2.52. The minimum atomic E-state index is -1.15. The van der Waals surface area contributed by atoms with Crippen LogP contribution in [0.25, 0.3) is 11.1 Å². The summed E-state index contributed by atoms with van der Waals surface area (Å²) in [6.07, 6.45) is 0.0508. The molecule has 1 aliphatic carbocycles. The smallest absolute Gasteiger partial charge is 0.407 e. The molecule has 1 fully saturated rings. The van der Waals surface area contributed by atoms with Gasteiger partial charge >= 0.3 is 12.1 Å². The molecule has 1 aliphatic heterocycles. The minimum absolute atomic E-state index is 0.00630. The summed E-state index contributed by atoms with van der Waals surface area (Å²) in [7, 11) is 0. The summed E-state index contributed by atoms with van der Waals surface area (Å²) in [6, 6.07) is 15.1. The number of likely N-dealkylation sites (tertiary alicyclic amines) is 1. The fraction of sp³-hybridized carbons (Fsp3) is 0.320. The van der Waals surface area contributed by atoms with Gasteiger partial charge in [0.15, 0.2) is 0 Å². The summed E-state index contributed by atoms with van der Waals surface area (Å²) in [5.74, 6) is -1.67. The van der Waals surface area contributed by atoms with E-state index in [0.29, 0.717) is 0 Å². The van der Waals surface area contributed by atoms with Crippen LogP contribution in [0.3, 0.4) is 0 Å². The number of aliphatic hydroxyl groups is 1. The van der Waals surface area contributed by atoms with Crippen molar-refractivity contribution in [1.82, 2.24) is 10.2 Å². The summed E-state index contributed by atoms with van der Waals surface area (Å²) in [5, 5.41) is 21.6. The summed E-state index contributed by atoms with van der Waals surface area (Å²) in [5.41, 5.74) is 4.81. The van der Waals surface area contributed by atoms with E-state index in [1.807, 2.05) is 36.4 Å². The molecule has 33 heavy (non-hydrogen) atoms. The van der Waals surface area contributed by atoms with Crippen LogP contribution < -0.4 is 5.32 Å². The third-order valence-corrected chi connectivity index (χ3v) is 6.16. The highest BCUT2D eigenvalue weighted by Crippen LogP contribution is 2.44. The van der Waals surface area contributed by atoms with Gasteiger partial charge in [0.25, 0.3) is 0 Å². The van der Waals surface area contributed by atoms with Gasteiger partial charge in [-0.15, -0.1) is 0 Å². The van der Waals surface area contributed by atoms with Gasteiger partial charge in [-0.3, -0.25) is 4.79 Å². The number of rotatable bonds is 6. The lowest BCUT2D eigenvalue weighted by Gasteiger charge is -2.21. The van der Waals surface area contributed by atoms with Crippen molar-refractivity contribution >= 4 is 18.0 Å². The van der Waals surface area contributed by atoms with Crippen LogP contribution in [0.5, 0.6) is 0 Å². The molecule has 2 aromatic carbocycles. The Balaban J connectivity index is 1.32. The van der Waals surface area contributed by atoms with Gasteiger partial charge in [0.05, 0.1) is 6.10 Å². The first-order valence-electron chi connectivity index (χ1n) is 10.8. The van der Waals surface area contributed by atoms with E-state index < -0.39 is 30.1 Å². The summed E-state index contributed by atoms with van der Waals surface area (Å²) < 4.78 is 5.46. The van der Waals surface area contributed by atoms with Gasteiger partial charge in [0.1, 0.15) is 12.6 Å². The maximum atomic E-state index is 12.6. The molecule has 2 aliphatic rings. The van der Waals surface area contributed by atoms with E-state index in [2.05, 4.69) is 17.4 Å². The van der Waals surface area contributed by atoms with Crippen LogP contribution in [-0.4, -0.2) is 64.9 Å². The van der Waals surface area contributed by atoms with Crippen molar-refractivity contribution in [1.29, 1.82) is 0 Å². The Hall–Kier alpha value is -3.65. The summed E-state index contributed by atoms with van der Waals surface area (Å²) in [4.78, 5) is 37.3. The molecule has 8 nitrogen and oxygen atoms in total. The zero-order chi connectivity index (χ0) is 23.5. The Kier molecular flexibility index (Phi) is 6.46. The Bertz CT molecular complexity index is 1070. The van der Waals surface area contributed by atoms with Gasteiger partial charge in [0.2, 0.25) is 5.91 Å². The molecule has 2 atom stereocenters. The second kappa shape index (κ2) is 9.46. The molecule has 0 aromatic heterocycles. The number of carboxylic acid groups (broad SMARTS) is 1. The van der Waals surface area contributed by atoms with E-state index in [4.69, 9.17) is 4.74 Å². The molecule has 1 saturated heterocycles. The number of amides is 2. The molecular weight excluding hydrogens is 424 g/mol. The highest BCUT2D eigenvalue weighted by molar-refractivity contribution is 5.96. The van der Waals surface area contributed by atoms with Crippen molar-refractivity contribution in [3.63, 3.8) is 0 Å². The average Bonchev–Trinajstić information content (AvgIpc) is 3.35. The topological polar surface area (TPSA) is 116 Å². The predicted molar refractivity (Wildman–Crippen MR) is 121 cm³/mol. The van der Waals surface area contributed by atoms with Crippen LogP contribution in [0.1, 0.15) is 30.4 Å². The second-order valence-electron chi connectivity index (χ2n) is 8.29. The second-order valence-corrected chi connectivity index (χ2v) is 8.29. The maximum Gasteiger partial charge on any atom is 0.407 e. The number of benzene rings is 2. The summed E-state index contributed by atoms with van der Waals surface area (Å²) in [6.45, 7) is 1.77. The van der Waals surface area contributed by atoms with Crippen molar-refractivity contribution in [2.24, 2.45) is 0 Å². The molecule has 0 saturated carbocycles. The van der Waals surface area contributed by atoms with Crippen LogP contribution in [0, 0.1) is 0 Å². The zero-order valence-corrected chi connectivity index (χ0v) is 18.2. The number of ether oxygens (including phenoxy) is 1. The van der Waals surface area contributed by atoms with Gasteiger partial charge in [-0.25, -0.2) is 9.59 Å². The fourth-order valence-corrected chi connectivity index (χ4v) is 4.52.